The van der Waals surface area contributed by atoms with Gasteiger partial charge in [-0.1, -0.05) is 0 Å². The summed E-state index contributed by atoms with van der Waals surface area (Å²) in [4.78, 5) is 0.240. The van der Waals surface area contributed by atoms with E-state index in [0.29, 0.717) is 10.4 Å². The molecule has 0 aliphatic rings. The zero-order valence-corrected chi connectivity index (χ0v) is 15.1. The van der Waals surface area contributed by atoms with Gasteiger partial charge < -0.3 is 0 Å². The number of sulfonamides is 1. The number of rotatable bonds is 4. The van der Waals surface area contributed by atoms with E-state index in [1.807, 2.05) is 0 Å². The van der Waals surface area contributed by atoms with E-state index in [-0.39, 0.29) is 5.69 Å². The number of alkyl halides is 2. The predicted octanol–water partition coefficient (Wildman–Crippen LogP) is 3.95. The summed E-state index contributed by atoms with van der Waals surface area (Å²) in [5.41, 5.74) is -0.345. The van der Waals surface area contributed by atoms with Crippen LogP contribution in [0.1, 0.15) is 12.0 Å². The average Bonchev–Trinajstić information content (AvgIpc) is 3.16. The van der Waals surface area contributed by atoms with Crippen LogP contribution in [0, 0.1) is 0 Å². The van der Waals surface area contributed by atoms with Crippen molar-refractivity contribution < 1.29 is 17.2 Å². The second-order valence-corrected chi connectivity index (χ2v) is 8.81. The van der Waals surface area contributed by atoms with Crippen molar-refractivity contribution in [3.05, 3.63) is 52.1 Å². The Labute approximate surface area is 148 Å². The number of hydrogen-bond acceptors (Lipinski definition) is 4. The minimum absolute atomic E-state index is 0.239. The largest absolute Gasteiger partial charge is 0.265 e. The molecular weight excluding hydrogens is 424 g/mol. The lowest BCUT2D eigenvalue weighted by Gasteiger charge is -2.15. The van der Waals surface area contributed by atoms with Gasteiger partial charge in [-0.05, 0) is 51.8 Å². The first-order chi connectivity index (χ1) is 11.3. The summed E-state index contributed by atoms with van der Waals surface area (Å²) in [5.74, 6) is 0. The molecule has 24 heavy (non-hydrogen) atoms. The van der Waals surface area contributed by atoms with Gasteiger partial charge in [0.15, 0.2) is 0 Å². The number of primary sulfonamides is 1. The lowest BCUT2D eigenvalue weighted by atomic mass is 10.1. The molecule has 0 radical (unpaired) electrons. The molecule has 2 aromatic heterocycles. The highest BCUT2D eigenvalue weighted by molar-refractivity contribution is 9.11. The summed E-state index contributed by atoms with van der Waals surface area (Å²) in [6, 6.07) is 7.51. The SMILES string of the molecule is NS(=O)(=O)c1cc(-c2ccc(Br)s2)cc(C(F)F)c1-n1cccn1. The third kappa shape index (κ3) is 3.27. The molecule has 10 heteroatoms. The van der Waals surface area contributed by atoms with E-state index in [2.05, 4.69) is 21.0 Å². The second-order valence-electron chi connectivity index (χ2n) is 4.81. The molecule has 0 aliphatic carbocycles. The molecule has 2 heterocycles. The lowest BCUT2D eigenvalue weighted by Crippen LogP contribution is -2.17. The smallest absolute Gasteiger partial charge is 0.239 e. The second kappa shape index (κ2) is 6.36. The van der Waals surface area contributed by atoms with Crippen LogP contribution in [0.5, 0.6) is 0 Å². The highest BCUT2D eigenvalue weighted by atomic mass is 79.9. The first-order valence-electron chi connectivity index (χ1n) is 6.52. The fourth-order valence-electron chi connectivity index (χ4n) is 2.27. The summed E-state index contributed by atoms with van der Waals surface area (Å²) in [5, 5.41) is 9.13. The summed E-state index contributed by atoms with van der Waals surface area (Å²) in [6.07, 6.45) is -0.142. The molecule has 0 unspecified atom stereocenters. The molecule has 0 spiro atoms. The van der Waals surface area contributed by atoms with Crippen molar-refractivity contribution in [2.45, 2.75) is 11.3 Å². The van der Waals surface area contributed by atoms with Gasteiger partial charge in [-0.25, -0.2) is 27.0 Å². The molecule has 0 saturated heterocycles. The van der Waals surface area contributed by atoms with Crippen LogP contribution in [0.4, 0.5) is 8.78 Å². The van der Waals surface area contributed by atoms with Crippen molar-refractivity contribution in [1.82, 2.24) is 9.78 Å². The normalized spacial score (nSPS) is 12.0. The molecule has 0 atom stereocenters. The van der Waals surface area contributed by atoms with Gasteiger partial charge >= 0.3 is 0 Å². The number of nitrogens with two attached hydrogens (primary N) is 1. The van der Waals surface area contributed by atoms with Crippen LogP contribution in [0.2, 0.25) is 0 Å². The Hall–Kier alpha value is -1.62. The minimum Gasteiger partial charge on any atom is -0.239 e. The maximum absolute atomic E-state index is 13.6. The highest BCUT2D eigenvalue weighted by Gasteiger charge is 2.26. The molecule has 0 amide bonds. The summed E-state index contributed by atoms with van der Waals surface area (Å²) in [6.45, 7) is 0. The Morgan fingerprint density at radius 3 is 2.54 bits per heavy atom. The van der Waals surface area contributed by atoms with E-state index in [1.165, 1.54) is 41.9 Å². The minimum atomic E-state index is -4.24. The van der Waals surface area contributed by atoms with E-state index in [0.717, 1.165) is 8.47 Å². The fraction of sp³-hybridized carbons (Fsp3) is 0.0714. The standard InChI is InChI=1S/C14H10BrF2N3O2S2/c15-12-3-2-10(23-12)8-6-9(14(16)17)13(20-5-1-4-19-20)11(7-8)24(18,21)22/h1-7,14H,(H2,18,21,22). The Morgan fingerprint density at radius 1 is 1.29 bits per heavy atom. The van der Waals surface area contributed by atoms with Crippen LogP contribution in [-0.4, -0.2) is 18.2 Å². The number of halogens is 3. The number of aromatic nitrogens is 2. The van der Waals surface area contributed by atoms with Crippen molar-refractivity contribution in [3.8, 4) is 16.1 Å². The molecule has 0 bridgehead atoms. The van der Waals surface area contributed by atoms with E-state index < -0.39 is 26.9 Å². The Bertz CT molecular complexity index is 986. The molecule has 5 nitrogen and oxygen atoms in total. The van der Waals surface area contributed by atoms with Gasteiger partial charge in [0.05, 0.1) is 9.47 Å². The van der Waals surface area contributed by atoms with Crippen molar-refractivity contribution >= 4 is 37.3 Å². The van der Waals surface area contributed by atoms with E-state index in [9.17, 15) is 17.2 Å². The zero-order valence-electron chi connectivity index (χ0n) is 11.9. The highest BCUT2D eigenvalue weighted by Crippen LogP contribution is 2.38. The third-order valence-electron chi connectivity index (χ3n) is 3.24. The van der Waals surface area contributed by atoms with Crippen LogP contribution < -0.4 is 5.14 Å². The topological polar surface area (TPSA) is 78.0 Å². The molecule has 2 N–H and O–H groups in total. The maximum Gasteiger partial charge on any atom is 0.265 e. The number of hydrogen-bond donors (Lipinski definition) is 1. The van der Waals surface area contributed by atoms with Crippen LogP contribution >= 0.6 is 27.3 Å². The van der Waals surface area contributed by atoms with Crippen LogP contribution in [0.15, 0.2) is 51.4 Å². The van der Waals surface area contributed by atoms with E-state index >= 15 is 0 Å². The van der Waals surface area contributed by atoms with Gasteiger partial charge in [-0.3, -0.25) is 0 Å². The maximum atomic E-state index is 13.6. The number of nitrogens with zero attached hydrogens (tertiary/aromatic N) is 2. The molecule has 0 fully saturated rings. The lowest BCUT2D eigenvalue weighted by molar-refractivity contribution is 0.151. The number of benzene rings is 1. The van der Waals surface area contributed by atoms with Gasteiger partial charge in [0.1, 0.15) is 4.90 Å². The van der Waals surface area contributed by atoms with Crippen LogP contribution in [-0.2, 0) is 10.0 Å². The quantitative estimate of drug-likeness (QED) is 0.676. The van der Waals surface area contributed by atoms with Crippen molar-refractivity contribution in [2.24, 2.45) is 5.14 Å². The number of thiophene rings is 1. The summed E-state index contributed by atoms with van der Waals surface area (Å²) in [7, 11) is -4.24. The predicted molar refractivity (Wildman–Crippen MR) is 90.9 cm³/mol. The fourth-order valence-corrected chi connectivity index (χ4v) is 4.42. The molecule has 126 valence electrons. The molecule has 1 aromatic carbocycles. The van der Waals surface area contributed by atoms with Crippen LogP contribution in [0.25, 0.3) is 16.1 Å². The first kappa shape index (κ1) is 17.2. The molecule has 0 saturated carbocycles. The average molecular weight is 434 g/mol. The summed E-state index contributed by atoms with van der Waals surface area (Å²) >= 11 is 4.59. The molecule has 3 rings (SSSR count). The van der Waals surface area contributed by atoms with Crippen LogP contribution in [0.3, 0.4) is 0 Å². The van der Waals surface area contributed by atoms with Gasteiger partial charge in [0, 0.05) is 22.8 Å². The van der Waals surface area contributed by atoms with Gasteiger partial charge in [-0.15, -0.1) is 11.3 Å². The van der Waals surface area contributed by atoms with Gasteiger partial charge in [0.25, 0.3) is 6.43 Å². The Kier molecular flexibility index (Phi) is 4.56. The Balaban J connectivity index is 2.37. The van der Waals surface area contributed by atoms with E-state index in [4.69, 9.17) is 5.14 Å². The zero-order chi connectivity index (χ0) is 17.5. The van der Waals surface area contributed by atoms with Gasteiger partial charge in [0.2, 0.25) is 10.0 Å². The molecular formula is C14H10BrF2N3O2S2. The third-order valence-corrected chi connectivity index (χ3v) is 5.83. The van der Waals surface area contributed by atoms with Gasteiger partial charge in [-0.2, -0.15) is 5.10 Å². The first-order valence-corrected chi connectivity index (χ1v) is 9.67. The molecule has 0 aliphatic heterocycles. The monoisotopic (exact) mass is 433 g/mol. The van der Waals surface area contributed by atoms with Crippen molar-refractivity contribution in [3.63, 3.8) is 0 Å². The molecule has 3 aromatic rings. The summed E-state index contributed by atoms with van der Waals surface area (Å²) < 4.78 is 53.1. The van der Waals surface area contributed by atoms with E-state index in [1.54, 1.807) is 12.1 Å². The van der Waals surface area contributed by atoms with Crippen molar-refractivity contribution in [1.29, 1.82) is 0 Å². The van der Waals surface area contributed by atoms with Crippen molar-refractivity contribution in [2.75, 3.05) is 0 Å². The Morgan fingerprint density at radius 2 is 2.04 bits per heavy atom.